The second-order valence-electron chi connectivity index (χ2n) is 4.35. The van der Waals surface area contributed by atoms with Crippen LogP contribution in [0.1, 0.15) is 46.5 Å². The van der Waals surface area contributed by atoms with E-state index in [0.717, 1.165) is 24.8 Å². The number of hydrogen-bond acceptors (Lipinski definition) is 1. The molecule has 0 rings (SSSR count). The third-order valence-electron chi connectivity index (χ3n) is 2.91. The SMILES string of the molecule is CCC(C)=CC=C(C)C(CCCCCl)C(=O)O. The smallest absolute Gasteiger partial charge is 0.310 e. The second kappa shape index (κ2) is 9.29. The molecule has 98 valence electrons. The Bertz CT molecular complexity index is 293. The topological polar surface area (TPSA) is 37.3 Å². The lowest BCUT2D eigenvalue weighted by Crippen LogP contribution is -2.15. The Morgan fingerprint density at radius 2 is 1.94 bits per heavy atom. The van der Waals surface area contributed by atoms with Gasteiger partial charge in [-0.2, -0.15) is 0 Å². The lowest BCUT2D eigenvalue weighted by Gasteiger charge is -2.12. The summed E-state index contributed by atoms with van der Waals surface area (Å²) in [5.41, 5.74) is 2.18. The first kappa shape index (κ1) is 16.2. The lowest BCUT2D eigenvalue weighted by molar-refractivity contribution is -0.140. The van der Waals surface area contributed by atoms with Crippen molar-refractivity contribution >= 4 is 17.6 Å². The summed E-state index contributed by atoms with van der Waals surface area (Å²) >= 11 is 5.59. The highest BCUT2D eigenvalue weighted by Gasteiger charge is 2.18. The van der Waals surface area contributed by atoms with Gasteiger partial charge in [0.1, 0.15) is 0 Å². The maximum atomic E-state index is 11.2. The molecule has 0 aromatic carbocycles. The van der Waals surface area contributed by atoms with Crippen LogP contribution < -0.4 is 0 Å². The van der Waals surface area contributed by atoms with Crippen molar-refractivity contribution in [3.63, 3.8) is 0 Å². The Morgan fingerprint density at radius 3 is 2.41 bits per heavy atom. The van der Waals surface area contributed by atoms with Gasteiger partial charge in [-0.1, -0.05) is 36.6 Å². The summed E-state index contributed by atoms with van der Waals surface area (Å²) < 4.78 is 0. The first-order valence-electron chi connectivity index (χ1n) is 6.15. The summed E-state index contributed by atoms with van der Waals surface area (Å²) in [6, 6.07) is 0. The Morgan fingerprint density at radius 1 is 1.29 bits per heavy atom. The summed E-state index contributed by atoms with van der Waals surface area (Å²) in [4.78, 5) is 11.2. The molecule has 0 aliphatic carbocycles. The normalized spacial score (nSPS) is 14.8. The van der Waals surface area contributed by atoms with Crippen molar-refractivity contribution in [2.45, 2.75) is 46.5 Å². The van der Waals surface area contributed by atoms with E-state index in [4.69, 9.17) is 11.6 Å². The first-order chi connectivity index (χ1) is 8.02. The molecule has 0 bridgehead atoms. The summed E-state index contributed by atoms with van der Waals surface area (Å²) in [5.74, 6) is -0.515. The molecule has 2 nitrogen and oxygen atoms in total. The Hall–Kier alpha value is -0.760. The Kier molecular flexibility index (Phi) is 8.87. The molecule has 1 unspecified atom stereocenters. The van der Waals surface area contributed by atoms with Crippen molar-refractivity contribution in [2.24, 2.45) is 5.92 Å². The molecule has 0 fully saturated rings. The number of halogens is 1. The fraction of sp³-hybridized carbons (Fsp3) is 0.643. The summed E-state index contributed by atoms with van der Waals surface area (Å²) in [5, 5.41) is 9.17. The zero-order valence-electron chi connectivity index (χ0n) is 11.0. The first-order valence-corrected chi connectivity index (χ1v) is 6.69. The minimum Gasteiger partial charge on any atom is -0.481 e. The zero-order chi connectivity index (χ0) is 13.3. The molecule has 1 N–H and O–H groups in total. The molecule has 0 aliphatic rings. The number of rotatable bonds is 8. The van der Waals surface area contributed by atoms with Crippen LogP contribution >= 0.6 is 11.6 Å². The fourth-order valence-electron chi connectivity index (χ4n) is 1.50. The number of alkyl halides is 1. The van der Waals surface area contributed by atoms with Crippen molar-refractivity contribution in [2.75, 3.05) is 5.88 Å². The monoisotopic (exact) mass is 258 g/mol. The van der Waals surface area contributed by atoms with E-state index >= 15 is 0 Å². The number of carboxylic acids is 1. The van der Waals surface area contributed by atoms with Gasteiger partial charge in [0.25, 0.3) is 0 Å². The molecule has 0 aromatic heterocycles. The molecule has 17 heavy (non-hydrogen) atoms. The summed E-state index contributed by atoms with van der Waals surface area (Å²) in [7, 11) is 0. The van der Waals surface area contributed by atoms with Crippen LogP contribution in [0.2, 0.25) is 0 Å². The zero-order valence-corrected chi connectivity index (χ0v) is 11.8. The van der Waals surface area contributed by atoms with Gasteiger partial charge in [0.15, 0.2) is 0 Å². The number of aliphatic carboxylic acids is 1. The van der Waals surface area contributed by atoms with E-state index in [2.05, 4.69) is 6.92 Å². The van der Waals surface area contributed by atoms with Gasteiger partial charge in [-0.3, -0.25) is 4.79 Å². The Balaban J connectivity index is 4.53. The van der Waals surface area contributed by atoms with Crippen LogP contribution in [-0.4, -0.2) is 17.0 Å². The van der Waals surface area contributed by atoms with E-state index in [1.54, 1.807) is 0 Å². The van der Waals surface area contributed by atoms with Crippen LogP contribution in [0.4, 0.5) is 0 Å². The van der Waals surface area contributed by atoms with E-state index in [-0.39, 0.29) is 5.92 Å². The minimum atomic E-state index is -0.740. The Labute approximate surface area is 109 Å². The number of allylic oxidation sites excluding steroid dienone is 3. The number of carbonyl (C=O) groups is 1. The van der Waals surface area contributed by atoms with Crippen molar-refractivity contribution in [3.8, 4) is 0 Å². The summed E-state index contributed by atoms with van der Waals surface area (Å²) in [6.07, 6.45) is 7.34. The molecule has 3 heteroatoms. The standard InChI is InChI=1S/C14H23ClO2/c1-4-11(2)8-9-12(3)13(14(16)17)7-5-6-10-15/h8-9,13H,4-7,10H2,1-3H3,(H,16,17). The van der Waals surface area contributed by atoms with Crippen LogP contribution in [0.3, 0.4) is 0 Å². The van der Waals surface area contributed by atoms with Gasteiger partial charge in [0.2, 0.25) is 0 Å². The maximum absolute atomic E-state index is 11.2. The lowest BCUT2D eigenvalue weighted by atomic mass is 9.94. The molecule has 0 radical (unpaired) electrons. The largest absolute Gasteiger partial charge is 0.481 e. The highest BCUT2D eigenvalue weighted by atomic mass is 35.5. The molecule has 0 spiro atoms. The van der Waals surface area contributed by atoms with E-state index < -0.39 is 5.97 Å². The molecule has 0 aliphatic heterocycles. The van der Waals surface area contributed by atoms with Gasteiger partial charge >= 0.3 is 5.97 Å². The van der Waals surface area contributed by atoms with Gasteiger partial charge in [-0.25, -0.2) is 0 Å². The molecule has 1 atom stereocenters. The molecular weight excluding hydrogens is 236 g/mol. The number of unbranched alkanes of at least 4 members (excludes halogenated alkanes) is 1. The van der Waals surface area contributed by atoms with Crippen molar-refractivity contribution in [1.29, 1.82) is 0 Å². The molecule has 0 saturated carbocycles. The molecule has 0 saturated heterocycles. The van der Waals surface area contributed by atoms with E-state index in [0.29, 0.717) is 12.3 Å². The number of carboxylic acid groups (broad SMARTS) is 1. The molecule has 0 heterocycles. The van der Waals surface area contributed by atoms with E-state index in [9.17, 15) is 9.90 Å². The van der Waals surface area contributed by atoms with Gasteiger partial charge in [0.05, 0.1) is 5.92 Å². The van der Waals surface area contributed by atoms with E-state index in [1.165, 1.54) is 5.57 Å². The summed E-state index contributed by atoms with van der Waals surface area (Å²) in [6.45, 7) is 6.02. The predicted molar refractivity (Wildman–Crippen MR) is 73.5 cm³/mol. The van der Waals surface area contributed by atoms with Crippen molar-refractivity contribution in [1.82, 2.24) is 0 Å². The van der Waals surface area contributed by atoms with E-state index in [1.807, 2.05) is 26.0 Å². The second-order valence-corrected chi connectivity index (χ2v) is 4.73. The quantitative estimate of drug-likeness (QED) is 0.398. The van der Waals surface area contributed by atoms with Crippen LogP contribution in [-0.2, 0) is 4.79 Å². The molecular formula is C14H23ClO2. The maximum Gasteiger partial charge on any atom is 0.310 e. The third-order valence-corrected chi connectivity index (χ3v) is 3.18. The van der Waals surface area contributed by atoms with Crippen molar-refractivity contribution in [3.05, 3.63) is 23.3 Å². The fourth-order valence-corrected chi connectivity index (χ4v) is 1.69. The third kappa shape index (κ3) is 7.22. The van der Waals surface area contributed by atoms with Gasteiger partial charge < -0.3 is 5.11 Å². The highest BCUT2D eigenvalue weighted by molar-refractivity contribution is 6.17. The van der Waals surface area contributed by atoms with Crippen LogP contribution in [0.5, 0.6) is 0 Å². The van der Waals surface area contributed by atoms with Gasteiger partial charge in [0, 0.05) is 5.88 Å². The average molecular weight is 259 g/mol. The molecule has 0 amide bonds. The molecule has 0 aromatic rings. The average Bonchev–Trinajstić information content (AvgIpc) is 2.30. The van der Waals surface area contributed by atoms with Gasteiger partial charge in [-0.15, -0.1) is 11.6 Å². The minimum absolute atomic E-state index is 0.376. The van der Waals surface area contributed by atoms with Crippen LogP contribution in [0, 0.1) is 5.92 Å². The highest BCUT2D eigenvalue weighted by Crippen LogP contribution is 2.19. The van der Waals surface area contributed by atoms with Crippen LogP contribution in [0.15, 0.2) is 23.3 Å². The van der Waals surface area contributed by atoms with Crippen LogP contribution in [0.25, 0.3) is 0 Å². The van der Waals surface area contributed by atoms with Gasteiger partial charge in [-0.05, 0) is 33.1 Å². The van der Waals surface area contributed by atoms with Crippen molar-refractivity contribution < 1.29 is 9.90 Å². The number of hydrogen-bond donors (Lipinski definition) is 1. The predicted octanol–water partition coefficient (Wildman–Crippen LogP) is 4.40.